The first-order valence-electron chi connectivity index (χ1n) is 8.26. The summed E-state index contributed by atoms with van der Waals surface area (Å²) in [4.78, 5) is 26.4. The minimum absolute atomic E-state index is 0.109. The van der Waals surface area contributed by atoms with Crippen molar-refractivity contribution in [1.29, 1.82) is 0 Å². The second-order valence-electron chi connectivity index (χ2n) is 6.02. The van der Waals surface area contributed by atoms with Crippen LogP contribution < -0.4 is 5.32 Å². The second kappa shape index (κ2) is 7.97. The topological polar surface area (TPSA) is 49.4 Å². The highest BCUT2D eigenvalue weighted by molar-refractivity contribution is 5.94. The largest absolute Gasteiger partial charge is 0.352 e. The van der Waals surface area contributed by atoms with Crippen LogP contribution in [-0.2, 0) is 4.79 Å². The van der Waals surface area contributed by atoms with E-state index in [1.165, 1.54) is 6.42 Å². The fourth-order valence-electron chi connectivity index (χ4n) is 3.07. The lowest BCUT2D eigenvalue weighted by molar-refractivity contribution is -0.134. The van der Waals surface area contributed by atoms with Crippen molar-refractivity contribution in [3.63, 3.8) is 0 Å². The van der Waals surface area contributed by atoms with Crippen molar-refractivity contribution in [1.82, 2.24) is 10.2 Å². The Bertz CT molecular complexity index is 528. The molecule has 2 rings (SSSR count). The number of hydrogen-bond acceptors (Lipinski definition) is 2. The second-order valence-corrected chi connectivity index (χ2v) is 6.02. The van der Waals surface area contributed by atoms with Crippen LogP contribution in [0.2, 0.25) is 0 Å². The molecule has 4 nitrogen and oxygen atoms in total. The van der Waals surface area contributed by atoms with Crippen LogP contribution >= 0.6 is 0 Å². The molecule has 0 spiro atoms. The number of carbonyl (C=O) groups excluding carboxylic acids is 2. The highest BCUT2D eigenvalue weighted by atomic mass is 16.2. The van der Waals surface area contributed by atoms with Crippen LogP contribution in [0, 0.1) is 6.92 Å². The molecule has 1 heterocycles. The van der Waals surface area contributed by atoms with Crippen molar-refractivity contribution in [2.24, 2.45) is 0 Å². The van der Waals surface area contributed by atoms with E-state index >= 15 is 0 Å². The summed E-state index contributed by atoms with van der Waals surface area (Å²) in [6.45, 7) is 5.36. The van der Waals surface area contributed by atoms with Gasteiger partial charge in [0.1, 0.15) is 0 Å². The van der Waals surface area contributed by atoms with Crippen LogP contribution in [0.15, 0.2) is 24.3 Å². The number of carbonyl (C=O) groups is 2. The van der Waals surface area contributed by atoms with Gasteiger partial charge in [0.05, 0.1) is 0 Å². The van der Waals surface area contributed by atoms with Gasteiger partial charge in [-0.15, -0.1) is 0 Å². The Morgan fingerprint density at radius 2 is 2.14 bits per heavy atom. The maximum absolute atomic E-state index is 12.3. The fraction of sp³-hybridized carbons (Fsp3) is 0.556. The van der Waals surface area contributed by atoms with E-state index in [4.69, 9.17) is 0 Å². The fourth-order valence-corrected chi connectivity index (χ4v) is 3.07. The lowest BCUT2D eigenvalue weighted by atomic mass is 9.99. The van der Waals surface area contributed by atoms with Gasteiger partial charge in [0.25, 0.3) is 5.91 Å². The lowest BCUT2D eigenvalue weighted by Crippen LogP contribution is -2.44. The number of likely N-dealkylation sites (tertiary alicyclic amines) is 1. The summed E-state index contributed by atoms with van der Waals surface area (Å²) in [5.41, 5.74) is 1.71. The van der Waals surface area contributed by atoms with Gasteiger partial charge in [-0.1, -0.05) is 24.6 Å². The lowest BCUT2D eigenvalue weighted by Gasteiger charge is -2.35. The Hall–Kier alpha value is -1.84. The highest BCUT2D eigenvalue weighted by Gasteiger charge is 2.24. The van der Waals surface area contributed by atoms with Crippen molar-refractivity contribution in [2.45, 2.75) is 52.0 Å². The monoisotopic (exact) mass is 302 g/mol. The number of rotatable bonds is 5. The Labute approximate surface area is 132 Å². The number of aryl methyl sites for hydroxylation is 1. The molecule has 2 amide bonds. The van der Waals surface area contributed by atoms with Crippen LogP contribution in [0.1, 0.15) is 54.9 Å². The van der Waals surface area contributed by atoms with E-state index in [-0.39, 0.29) is 11.8 Å². The maximum atomic E-state index is 12.3. The third-order valence-electron chi connectivity index (χ3n) is 4.32. The van der Waals surface area contributed by atoms with E-state index in [0.29, 0.717) is 24.6 Å². The zero-order chi connectivity index (χ0) is 15.9. The van der Waals surface area contributed by atoms with Gasteiger partial charge < -0.3 is 10.2 Å². The van der Waals surface area contributed by atoms with E-state index in [9.17, 15) is 9.59 Å². The van der Waals surface area contributed by atoms with Crippen LogP contribution in [-0.4, -0.2) is 35.8 Å². The van der Waals surface area contributed by atoms with Gasteiger partial charge in [0.15, 0.2) is 0 Å². The standard InChI is InChI=1S/C18H26N2O2/c1-3-16-9-4-5-12-20(16)17(21)10-11-19-18(22)15-8-6-7-14(2)13-15/h6-8,13,16H,3-5,9-12H2,1-2H3,(H,19,22). The van der Waals surface area contributed by atoms with Crippen molar-refractivity contribution in [2.75, 3.05) is 13.1 Å². The Morgan fingerprint density at radius 1 is 1.32 bits per heavy atom. The molecule has 22 heavy (non-hydrogen) atoms. The molecule has 1 unspecified atom stereocenters. The third-order valence-corrected chi connectivity index (χ3v) is 4.32. The Balaban J connectivity index is 1.80. The molecular formula is C18H26N2O2. The van der Waals surface area contributed by atoms with Crippen molar-refractivity contribution in [3.05, 3.63) is 35.4 Å². The van der Waals surface area contributed by atoms with Gasteiger partial charge in [-0.3, -0.25) is 9.59 Å². The molecule has 120 valence electrons. The minimum atomic E-state index is -0.109. The van der Waals surface area contributed by atoms with E-state index in [1.54, 1.807) is 6.07 Å². The maximum Gasteiger partial charge on any atom is 0.251 e. The zero-order valence-electron chi connectivity index (χ0n) is 13.6. The predicted molar refractivity (Wildman–Crippen MR) is 87.8 cm³/mol. The number of nitrogens with zero attached hydrogens (tertiary/aromatic N) is 1. The van der Waals surface area contributed by atoms with Crippen molar-refractivity contribution >= 4 is 11.8 Å². The molecule has 1 aliphatic rings. The molecule has 1 fully saturated rings. The third kappa shape index (κ3) is 4.33. The van der Waals surface area contributed by atoms with E-state index in [1.807, 2.05) is 30.0 Å². The number of piperidine rings is 1. The number of hydrogen-bond donors (Lipinski definition) is 1. The molecular weight excluding hydrogens is 276 g/mol. The molecule has 0 bridgehead atoms. The average molecular weight is 302 g/mol. The number of nitrogens with one attached hydrogen (secondary N) is 1. The molecule has 0 saturated carbocycles. The normalized spacial score (nSPS) is 18.1. The van der Waals surface area contributed by atoms with Gasteiger partial charge in [-0.2, -0.15) is 0 Å². The van der Waals surface area contributed by atoms with Crippen LogP contribution in [0.3, 0.4) is 0 Å². The van der Waals surface area contributed by atoms with Crippen molar-refractivity contribution in [3.8, 4) is 0 Å². The van der Waals surface area contributed by atoms with Crippen LogP contribution in [0.5, 0.6) is 0 Å². The number of amides is 2. The molecule has 1 saturated heterocycles. The first-order chi connectivity index (χ1) is 10.6. The zero-order valence-corrected chi connectivity index (χ0v) is 13.6. The SMILES string of the molecule is CCC1CCCCN1C(=O)CCNC(=O)c1cccc(C)c1. The molecule has 0 aliphatic carbocycles. The molecule has 0 radical (unpaired) electrons. The molecule has 1 aromatic rings. The predicted octanol–water partition coefficient (Wildman–Crippen LogP) is 2.91. The molecule has 1 atom stereocenters. The molecule has 1 aliphatic heterocycles. The molecule has 1 N–H and O–H groups in total. The van der Waals surface area contributed by atoms with Gasteiger partial charge in [-0.25, -0.2) is 0 Å². The first-order valence-corrected chi connectivity index (χ1v) is 8.26. The summed E-state index contributed by atoms with van der Waals surface area (Å²) in [5, 5.41) is 2.84. The highest BCUT2D eigenvalue weighted by Crippen LogP contribution is 2.20. The summed E-state index contributed by atoms with van der Waals surface area (Å²) < 4.78 is 0. The van der Waals surface area contributed by atoms with Crippen LogP contribution in [0.4, 0.5) is 0 Å². The Morgan fingerprint density at radius 3 is 2.86 bits per heavy atom. The van der Waals surface area contributed by atoms with E-state index in [0.717, 1.165) is 31.4 Å². The summed E-state index contributed by atoms with van der Waals surface area (Å²) in [6, 6.07) is 7.86. The van der Waals surface area contributed by atoms with Gasteiger partial charge in [-0.05, 0) is 44.7 Å². The van der Waals surface area contributed by atoms with Gasteiger partial charge in [0, 0.05) is 31.1 Å². The van der Waals surface area contributed by atoms with E-state index < -0.39 is 0 Å². The van der Waals surface area contributed by atoms with Crippen LogP contribution in [0.25, 0.3) is 0 Å². The van der Waals surface area contributed by atoms with Gasteiger partial charge in [0.2, 0.25) is 5.91 Å². The minimum Gasteiger partial charge on any atom is -0.352 e. The van der Waals surface area contributed by atoms with Crippen molar-refractivity contribution < 1.29 is 9.59 Å². The first kappa shape index (κ1) is 16.5. The molecule has 1 aromatic carbocycles. The summed E-state index contributed by atoms with van der Waals surface area (Å²) >= 11 is 0. The summed E-state index contributed by atoms with van der Waals surface area (Å²) in [5.74, 6) is 0.0540. The number of benzene rings is 1. The summed E-state index contributed by atoms with van der Waals surface area (Å²) in [7, 11) is 0. The molecule has 0 aromatic heterocycles. The van der Waals surface area contributed by atoms with Gasteiger partial charge >= 0.3 is 0 Å². The quantitative estimate of drug-likeness (QED) is 0.909. The average Bonchev–Trinajstić information content (AvgIpc) is 2.54. The smallest absolute Gasteiger partial charge is 0.251 e. The Kier molecular flexibility index (Phi) is 5.99. The van der Waals surface area contributed by atoms with E-state index in [2.05, 4.69) is 12.2 Å². The molecule has 4 heteroatoms. The summed E-state index contributed by atoms with van der Waals surface area (Å²) in [6.07, 6.45) is 4.82.